The quantitative estimate of drug-likeness (QED) is 0.891. The van der Waals surface area contributed by atoms with Gasteiger partial charge in [-0.25, -0.2) is 12.7 Å². The summed E-state index contributed by atoms with van der Waals surface area (Å²) in [6.45, 7) is 9.36. The molecule has 1 saturated heterocycles. The summed E-state index contributed by atoms with van der Waals surface area (Å²) >= 11 is 0. The summed E-state index contributed by atoms with van der Waals surface area (Å²) in [6, 6.07) is 8.30. The van der Waals surface area contributed by atoms with Gasteiger partial charge in [-0.05, 0) is 36.3 Å². The number of carbonyl (C=O) groups excluding carboxylic acids is 1. The molecule has 0 radical (unpaired) electrons. The van der Waals surface area contributed by atoms with Crippen LogP contribution in [0.3, 0.4) is 0 Å². The van der Waals surface area contributed by atoms with Gasteiger partial charge in [0, 0.05) is 19.0 Å². The molecule has 1 amide bonds. The van der Waals surface area contributed by atoms with E-state index in [2.05, 4.69) is 50.4 Å². The minimum Gasteiger partial charge on any atom is -0.349 e. The van der Waals surface area contributed by atoms with Crippen LogP contribution in [0, 0.1) is 5.92 Å². The Kier molecular flexibility index (Phi) is 5.94. The number of hydrogen-bond donors (Lipinski definition) is 1. The van der Waals surface area contributed by atoms with Crippen molar-refractivity contribution in [3.63, 3.8) is 0 Å². The molecular formula is C19H30N2O3S. The number of sulfonamides is 1. The minimum atomic E-state index is -3.16. The monoisotopic (exact) mass is 366 g/mol. The molecule has 0 saturated carbocycles. The molecule has 0 bridgehead atoms. The van der Waals surface area contributed by atoms with E-state index < -0.39 is 10.0 Å². The fourth-order valence-corrected chi connectivity index (χ4v) is 4.01. The molecule has 1 aromatic rings. The summed E-state index contributed by atoms with van der Waals surface area (Å²) in [5, 5.41) is 3.07. The Bertz CT molecular complexity index is 697. The lowest BCUT2D eigenvalue weighted by atomic mass is 9.86. The molecule has 1 aliphatic rings. The summed E-state index contributed by atoms with van der Waals surface area (Å²) in [7, 11) is -3.16. The Morgan fingerprint density at radius 3 is 2.12 bits per heavy atom. The normalized spacial score (nSPS) is 18.8. The van der Waals surface area contributed by atoms with Crippen LogP contribution in [0.25, 0.3) is 0 Å². The Morgan fingerprint density at radius 1 is 1.16 bits per heavy atom. The molecule has 1 fully saturated rings. The first-order valence-corrected chi connectivity index (χ1v) is 10.7. The van der Waals surface area contributed by atoms with E-state index in [1.165, 1.54) is 16.1 Å². The van der Waals surface area contributed by atoms with Crippen molar-refractivity contribution in [2.24, 2.45) is 5.92 Å². The van der Waals surface area contributed by atoms with Crippen molar-refractivity contribution in [3.8, 4) is 0 Å². The Morgan fingerprint density at radius 2 is 1.68 bits per heavy atom. The highest BCUT2D eigenvalue weighted by atomic mass is 32.2. The van der Waals surface area contributed by atoms with Crippen LogP contribution in [0.1, 0.15) is 57.7 Å². The minimum absolute atomic E-state index is 0.0144. The predicted octanol–water partition coefficient (Wildman–Crippen LogP) is 2.83. The molecule has 6 heteroatoms. The van der Waals surface area contributed by atoms with Gasteiger partial charge in [0.2, 0.25) is 15.9 Å². The number of hydrogen-bond acceptors (Lipinski definition) is 3. The van der Waals surface area contributed by atoms with Gasteiger partial charge in [0.1, 0.15) is 0 Å². The van der Waals surface area contributed by atoms with E-state index in [0.29, 0.717) is 25.9 Å². The van der Waals surface area contributed by atoms with Crippen LogP contribution in [0.2, 0.25) is 0 Å². The molecule has 0 spiro atoms. The van der Waals surface area contributed by atoms with Crippen LogP contribution < -0.4 is 5.32 Å². The lowest BCUT2D eigenvalue weighted by Crippen LogP contribution is -2.43. The Hall–Kier alpha value is -1.40. The third-order valence-electron chi connectivity index (χ3n) is 4.93. The van der Waals surface area contributed by atoms with E-state index in [4.69, 9.17) is 0 Å². The highest BCUT2D eigenvalue weighted by Crippen LogP contribution is 2.25. The van der Waals surface area contributed by atoms with E-state index in [0.717, 1.165) is 5.56 Å². The highest BCUT2D eigenvalue weighted by Gasteiger charge is 2.29. The summed E-state index contributed by atoms with van der Waals surface area (Å²) in [6.07, 6.45) is 2.37. The fraction of sp³-hybridized carbons (Fsp3) is 0.632. The lowest BCUT2D eigenvalue weighted by molar-refractivity contribution is -0.126. The highest BCUT2D eigenvalue weighted by molar-refractivity contribution is 7.88. The first kappa shape index (κ1) is 19.9. The second-order valence-electron chi connectivity index (χ2n) is 8.04. The van der Waals surface area contributed by atoms with Gasteiger partial charge >= 0.3 is 0 Å². The van der Waals surface area contributed by atoms with Crippen molar-refractivity contribution in [2.45, 2.75) is 52.0 Å². The van der Waals surface area contributed by atoms with Crippen LogP contribution in [0.4, 0.5) is 0 Å². The van der Waals surface area contributed by atoms with Gasteiger partial charge in [0.05, 0.1) is 12.3 Å². The summed E-state index contributed by atoms with van der Waals surface area (Å²) in [5.41, 5.74) is 2.45. The van der Waals surface area contributed by atoms with Crippen LogP contribution >= 0.6 is 0 Å². The van der Waals surface area contributed by atoms with Crippen LogP contribution in [0.5, 0.6) is 0 Å². The number of carbonyl (C=O) groups is 1. The van der Waals surface area contributed by atoms with E-state index in [1.807, 2.05) is 6.92 Å². The first-order valence-electron chi connectivity index (χ1n) is 8.84. The second-order valence-corrected chi connectivity index (χ2v) is 10.0. The van der Waals surface area contributed by atoms with E-state index in [1.54, 1.807) is 0 Å². The topological polar surface area (TPSA) is 66.5 Å². The van der Waals surface area contributed by atoms with Gasteiger partial charge in [0.15, 0.2) is 0 Å². The number of rotatable bonds is 4. The van der Waals surface area contributed by atoms with E-state index >= 15 is 0 Å². The molecule has 1 aliphatic heterocycles. The molecule has 5 nitrogen and oxygen atoms in total. The molecule has 2 rings (SSSR count). The van der Waals surface area contributed by atoms with Crippen molar-refractivity contribution < 1.29 is 13.2 Å². The Balaban J connectivity index is 1.92. The summed E-state index contributed by atoms with van der Waals surface area (Å²) in [5.74, 6) is -0.102. The summed E-state index contributed by atoms with van der Waals surface area (Å²) < 4.78 is 24.5. The van der Waals surface area contributed by atoms with E-state index in [9.17, 15) is 13.2 Å². The zero-order valence-electron chi connectivity index (χ0n) is 15.9. The van der Waals surface area contributed by atoms with Crippen molar-refractivity contribution in [1.29, 1.82) is 0 Å². The number of piperidine rings is 1. The first-order chi connectivity index (χ1) is 11.5. The summed E-state index contributed by atoms with van der Waals surface area (Å²) in [4.78, 5) is 12.5. The third-order valence-corrected chi connectivity index (χ3v) is 6.23. The van der Waals surface area contributed by atoms with Crippen molar-refractivity contribution in [1.82, 2.24) is 9.62 Å². The molecule has 25 heavy (non-hydrogen) atoms. The van der Waals surface area contributed by atoms with Gasteiger partial charge in [-0.1, -0.05) is 45.0 Å². The maximum atomic E-state index is 12.5. The van der Waals surface area contributed by atoms with Gasteiger partial charge < -0.3 is 5.32 Å². The van der Waals surface area contributed by atoms with Gasteiger partial charge in [-0.2, -0.15) is 0 Å². The van der Waals surface area contributed by atoms with Gasteiger partial charge in [-0.3, -0.25) is 4.79 Å². The average molecular weight is 367 g/mol. The van der Waals surface area contributed by atoms with Gasteiger partial charge in [-0.15, -0.1) is 0 Å². The second kappa shape index (κ2) is 7.46. The standard InChI is InChI=1S/C19H30N2O3S/c1-14(15-6-8-17(9-7-15)19(2,3)4)20-18(22)16-10-12-21(13-11-16)25(5,23)24/h6-9,14,16H,10-13H2,1-5H3,(H,20,22)/t14-/m1/s1. The van der Waals surface area contributed by atoms with E-state index in [-0.39, 0.29) is 23.3 Å². The van der Waals surface area contributed by atoms with Crippen LogP contribution in [0.15, 0.2) is 24.3 Å². The largest absolute Gasteiger partial charge is 0.349 e. The van der Waals surface area contributed by atoms with Crippen LogP contribution in [-0.4, -0.2) is 38.0 Å². The zero-order valence-corrected chi connectivity index (χ0v) is 16.7. The molecule has 1 aromatic carbocycles. The molecule has 0 aromatic heterocycles. The predicted molar refractivity (Wildman–Crippen MR) is 101 cm³/mol. The fourth-order valence-electron chi connectivity index (χ4n) is 3.14. The van der Waals surface area contributed by atoms with Crippen molar-refractivity contribution in [3.05, 3.63) is 35.4 Å². The molecule has 140 valence electrons. The smallest absolute Gasteiger partial charge is 0.223 e. The van der Waals surface area contributed by atoms with Crippen molar-refractivity contribution in [2.75, 3.05) is 19.3 Å². The number of nitrogens with zero attached hydrogens (tertiary/aromatic N) is 1. The SMILES string of the molecule is C[C@@H](NC(=O)C1CCN(S(C)(=O)=O)CC1)c1ccc(C(C)(C)C)cc1. The van der Waals surface area contributed by atoms with Crippen LogP contribution in [-0.2, 0) is 20.2 Å². The average Bonchev–Trinajstić information content (AvgIpc) is 2.53. The number of amides is 1. The molecular weight excluding hydrogens is 336 g/mol. The molecule has 1 heterocycles. The van der Waals surface area contributed by atoms with Gasteiger partial charge in [0.25, 0.3) is 0 Å². The molecule has 0 unspecified atom stereocenters. The molecule has 1 atom stereocenters. The Labute approximate surface area is 151 Å². The maximum Gasteiger partial charge on any atom is 0.223 e. The lowest BCUT2D eigenvalue weighted by Gasteiger charge is -2.30. The molecule has 1 N–H and O–H groups in total. The van der Waals surface area contributed by atoms with Crippen molar-refractivity contribution >= 4 is 15.9 Å². The molecule has 0 aliphatic carbocycles. The number of nitrogens with one attached hydrogen (secondary N) is 1. The third kappa shape index (κ3) is 5.28. The zero-order chi connectivity index (χ0) is 18.8. The number of benzene rings is 1. The maximum absolute atomic E-state index is 12.5.